The Bertz CT molecular complexity index is 1240. The number of ether oxygens (including phenoxy) is 1. The molecule has 0 radical (unpaired) electrons. The molecule has 29 heavy (non-hydrogen) atoms. The predicted octanol–water partition coefficient (Wildman–Crippen LogP) is 5.23. The highest BCUT2D eigenvalue weighted by atomic mass is 16.5. The first-order valence-electron chi connectivity index (χ1n) is 9.23. The molecule has 0 spiro atoms. The number of rotatable bonds is 4. The first-order chi connectivity index (χ1) is 14.1. The lowest BCUT2D eigenvalue weighted by molar-refractivity contribution is 0.102. The van der Waals surface area contributed by atoms with Crippen LogP contribution in [0.4, 0.5) is 11.4 Å². The van der Waals surface area contributed by atoms with Crippen molar-refractivity contribution in [2.75, 3.05) is 12.4 Å². The zero-order valence-corrected chi connectivity index (χ0v) is 16.2. The summed E-state index contributed by atoms with van der Waals surface area (Å²) in [6.07, 6.45) is 0. The number of hydrogen-bond donors (Lipinski definition) is 1. The number of carbonyl (C=O) groups is 1. The molecule has 0 unspecified atom stereocenters. The van der Waals surface area contributed by atoms with Gasteiger partial charge in [0.1, 0.15) is 16.9 Å². The van der Waals surface area contributed by atoms with E-state index in [4.69, 9.17) is 9.15 Å². The van der Waals surface area contributed by atoms with E-state index in [-0.39, 0.29) is 11.5 Å². The maximum atomic E-state index is 13.1. The largest absolute Gasteiger partial charge is 0.495 e. The van der Waals surface area contributed by atoms with E-state index in [1.807, 2.05) is 67.6 Å². The fraction of sp³-hybridized carbons (Fsp3) is 0.0833. The van der Waals surface area contributed by atoms with Gasteiger partial charge in [0.2, 0.25) is 5.55 Å². The van der Waals surface area contributed by atoms with Crippen molar-refractivity contribution in [3.8, 4) is 5.75 Å². The molecule has 144 valence electrons. The summed E-state index contributed by atoms with van der Waals surface area (Å²) in [6.45, 7) is 2.01. The molecule has 0 bridgehead atoms. The van der Waals surface area contributed by atoms with Crippen LogP contribution in [-0.4, -0.2) is 13.0 Å². The molecule has 0 aliphatic heterocycles. The van der Waals surface area contributed by atoms with Gasteiger partial charge in [-0.2, -0.15) is 0 Å². The van der Waals surface area contributed by atoms with Crippen molar-refractivity contribution in [1.29, 1.82) is 0 Å². The van der Waals surface area contributed by atoms with Crippen LogP contribution in [0.3, 0.4) is 0 Å². The Labute approximate surface area is 168 Å². The third-order valence-corrected chi connectivity index (χ3v) is 4.52. The first-order valence-corrected chi connectivity index (χ1v) is 9.23. The summed E-state index contributed by atoms with van der Waals surface area (Å²) >= 11 is 0. The number of hydrogen-bond acceptors (Lipinski definition) is 4. The molecule has 1 N–H and O–H groups in total. The van der Waals surface area contributed by atoms with Crippen LogP contribution in [0.2, 0.25) is 0 Å². The molecular weight excluding hydrogens is 364 g/mol. The number of nitrogens with one attached hydrogen (secondary N) is 1. The molecule has 4 rings (SSSR count). The van der Waals surface area contributed by atoms with Crippen molar-refractivity contribution < 1.29 is 13.9 Å². The maximum absolute atomic E-state index is 13.1. The average molecular weight is 384 g/mol. The second-order valence-electron chi connectivity index (χ2n) is 6.60. The molecule has 0 aliphatic rings. The average Bonchev–Trinajstić information content (AvgIpc) is 2.75. The Kier molecular flexibility index (Phi) is 5.12. The van der Waals surface area contributed by atoms with Gasteiger partial charge in [-0.3, -0.25) is 4.79 Å². The zero-order valence-electron chi connectivity index (χ0n) is 16.2. The molecule has 0 fully saturated rings. The third kappa shape index (κ3) is 4.04. The monoisotopic (exact) mass is 384 g/mol. The molecule has 0 atom stereocenters. The van der Waals surface area contributed by atoms with Crippen molar-refractivity contribution in [3.63, 3.8) is 0 Å². The van der Waals surface area contributed by atoms with E-state index in [9.17, 15) is 4.79 Å². The van der Waals surface area contributed by atoms with Crippen LogP contribution in [0.25, 0.3) is 11.0 Å². The van der Waals surface area contributed by atoms with Crippen LogP contribution in [-0.2, 0) is 0 Å². The van der Waals surface area contributed by atoms with Gasteiger partial charge in [0.25, 0.3) is 5.91 Å². The SMILES string of the molecule is COc1ccccc1NC(=O)c1cc2ccccc2oc1=Nc1ccc(C)cc1. The Hall–Kier alpha value is -3.86. The Morgan fingerprint density at radius 1 is 0.966 bits per heavy atom. The van der Waals surface area contributed by atoms with Gasteiger partial charge in [0.15, 0.2) is 0 Å². The van der Waals surface area contributed by atoms with Crippen LogP contribution in [0.1, 0.15) is 15.9 Å². The number of nitrogens with zero attached hydrogens (tertiary/aromatic N) is 1. The minimum absolute atomic E-state index is 0.250. The molecule has 1 aromatic heterocycles. The highest BCUT2D eigenvalue weighted by molar-refractivity contribution is 6.06. The number of methoxy groups -OCH3 is 1. The number of amides is 1. The first kappa shape index (κ1) is 18.5. The van der Waals surface area contributed by atoms with Crippen molar-refractivity contribution in [2.45, 2.75) is 6.92 Å². The van der Waals surface area contributed by atoms with E-state index in [0.29, 0.717) is 28.3 Å². The predicted molar refractivity (Wildman–Crippen MR) is 114 cm³/mol. The Morgan fingerprint density at radius 3 is 2.48 bits per heavy atom. The van der Waals surface area contributed by atoms with Crippen LogP contribution >= 0.6 is 0 Å². The fourth-order valence-electron chi connectivity index (χ4n) is 2.99. The topological polar surface area (TPSA) is 63.8 Å². The summed E-state index contributed by atoms with van der Waals surface area (Å²) in [6, 6.07) is 24.3. The fourth-order valence-corrected chi connectivity index (χ4v) is 2.99. The van der Waals surface area contributed by atoms with E-state index >= 15 is 0 Å². The number of fused-ring (bicyclic) bond motifs is 1. The van der Waals surface area contributed by atoms with E-state index in [1.165, 1.54) is 0 Å². The van der Waals surface area contributed by atoms with Gasteiger partial charge in [0.05, 0.1) is 18.5 Å². The quantitative estimate of drug-likeness (QED) is 0.524. The van der Waals surface area contributed by atoms with Gasteiger partial charge < -0.3 is 14.5 Å². The molecular formula is C24H20N2O3. The van der Waals surface area contributed by atoms with Gasteiger partial charge in [-0.25, -0.2) is 4.99 Å². The highest BCUT2D eigenvalue weighted by Gasteiger charge is 2.15. The maximum Gasteiger partial charge on any atom is 0.261 e. The Balaban J connectivity index is 1.83. The molecule has 0 saturated heterocycles. The highest BCUT2D eigenvalue weighted by Crippen LogP contribution is 2.24. The number of carbonyl (C=O) groups excluding carboxylic acids is 1. The summed E-state index contributed by atoms with van der Waals surface area (Å²) in [7, 11) is 1.56. The number of para-hydroxylation sites is 3. The number of benzene rings is 3. The zero-order chi connectivity index (χ0) is 20.2. The molecule has 5 nitrogen and oxygen atoms in total. The third-order valence-electron chi connectivity index (χ3n) is 4.52. The number of anilines is 1. The van der Waals surface area contributed by atoms with Gasteiger partial charge in [-0.05, 0) is 43.3 Å². The van der Waals surface area contributed by atoms with E-state index in [0.717, 1.165) is 10.9 Å². The lowest BCUT2D eigenvalue weighted by Crippen LogP contribution is -2.21. The van der Waals surface area contributed by atoms with Crippen LogP contribution in [0.15, 0.2) is 88.3 Å². The Morgan fingerprint density at radius 2 is 1.69 bits per heavy atom. The molecule has 1 amide bonds. The summed E-state index contributed by atoms with van der Waals surface area (Å²) in [5.41, 5.74) is 3.67. The molecule has 5 heteroatoms. The van der Waals surface area contributed by atoms with Crippen LogP contribution in [0.5, 0.6) is 5.75 Å². The lowest BCUT2D eigenvalue weighted by Gasteiger charge is -2.10. The smallest absolute Gasteiger partial charge is 0.261 e. The van der Waals surface area contributed by atoms with Crippen molar-refractivity contribution >= 4 is 28.3 Å². The van der Waals surface area contributed by atoms with Gasteiger partial charge >= 0.3 is 0 Å². The number of aryl methyl sites for hydroxylation is 1. The summed E-state index contributed by atoms with van der Waals surface area (Å²) in [5.74, 6) is 0.255. The van der Waals surface area contributed by atoms with Gasteiger partial charge in [-0.15, -0.1) is 0 Å². The van der Waals surface area contributed by atoms with Gasteiger partial charge in [0, 0.05) is 5.39 Å². The summed E-state index contributed by atoms with van der Waals surface area (Å²) in [5, 5.41) is 3.71. The van der Waals surface area contributed by atoms with E-state index in [2.05, 4.69) is 10.3 Å². The molecule has 0 aliphatic carbocycles. The summed E-state index contributed by atoms with van der Waals surface area (Å²) in [4.78, 5) is 17.7. The second-order valence-corrected chi connectivity index (χ2v) is 6.60. The van der Waals surface area contributed by atoms with Gasteiger partial charge in [-0.1, -0.05) is 48.0 Å². The molecule has 0 saturated carbocycles. The molecule has 3 aromatic carbocycles. The van der Waals surface area contributed by atoms with Crippen molar-refractivity contribution in [1.82, 2.24) is 0 Å². The minimum atomic E-state index is -0.324. The minimum Gasteiger partial charge on any atom is -0.495 e. The summed E-state index contributed by atoms with van der Waals surface area (Å²) < 4.78 is 11.3. The lowest BCUT2D eigenvalue weighted by atomic mass is 10.1. The standard InChI is InChI=1S/C24H20N2O3/c1-16-11-13-18(14-12-16)25-24-19(15-17-7-3-5-9-21(17)29-24)23(27)26-20-8-4-6-10-22(20)28-2/h3-15H,1-2H3,(H,26,27). The van der Waals surface area contributed by atoms with E-state index < -0.39 is 0 Å². The van der Waals surface area contributed by atoms with Crippen molar-refractivity contribution in [3.05, 3.63) is 95.5 Å². The van der Waals surface area contributed by atoms with Crippen molar-refractivity contribution in [2.24, 2.45) is 4.99 Å². The van der Waals surface area contributed by atoms with E-state index in [1.54, 1.807) is 25.3 Å². The normalized spacial score (nSPS) is 11.4. The molecule has 4 aromatic rings. The second kappa shape index (κ2) is 8.02. The van der Waals surface area contributed by atoms with Crippen LogP contribution < -0.4 is 15.6 Å². The van der Waals surface area contributed by atoms with Crippen LogP contribution in [0, 0.1) is 6.92 Å². The molecule has 1 heterocycles.